The van der Waals surface area contributed by atoms with Crippen molar-refractivity contribution in [3.8, 4) is 11.1 Å². The van der Waals surface area contributed by atoms with Crippen LogP contribution >= 0.6 is 11.6 Å². The van der Waals surface area contributed by atoms with E-state index in [9.17, 15) is 4.79 Å². The molecular formula is C13H10ClNO. The summed E-state index contributed by atoms with van der Waals surface area (Å²) in [5.74, 6) is -0.0220. The first-order chi connectivity index (χ1) is 7.68. The molecule has 0 aliphatic rings. The lowest BCUT2D eigenvalue weighted by Gasteiger charge is -2.04. The van der Waals surface area contributed by atoms with E-state index in [-0.39, 0.29) is 5.78 Å². The standard InChI is InChI=1S/C13H10ClNO/c1-9(16)12-3-2-11(8-13(12)14)10-4-6-15-7-5-10/h2-8H,1H3. The number of benzene rings is 1. The van der Waals surface area contributed by atoms with Gasteiger partial charge in [0.2, 0.25) is 0 Å². The first-order valence-corrected chi connectivity index (χ1v) is 5.27. The van der Waals surface area contributed by atoms with Gasteiger partial charge in [0, 0.05) is 18.0 Å². The van der Waals surface area contributed by atoms with E-state index in [4.69, 9.17) is 11.6 Å². The molecule has 0 N–H and O–H groups in total. The monoisotopic (exact) mass is 231 g/mol. The van der Waals surface area contributed by atoms with E-state index < -0.39 is 0 Å². The van der Waals surface area contributed by atoms with Crippen molar-refractivity contribution in [1.82, 2.24) is 4.98 Å². The number of pyridine rings is 1. The first-order valence-electron chi connectivity index (χ1n) is 4.89. The molecule has 0 saturated carbocycles. The predicted octanol–water partition coefficient (Wildman–Crippen LogP) is 3.60. The maximum Gasteiger partial charge on any atom is 0.161 e. The summed E-state index contributed by atoms with van der Waals surface area (Å²) >= 11 is 6.04. The highest BCUT2D eigenvalue weighted by Gasteiger charge is 2.06. The number of carbonyl (C=O) groups is 1. The van der Waals surface area contributed by atoms with Crippen LogP contribution in [0.3, 0.4) is 0 Å². The topological polar surface area (TPSA) is 30.0 Å². The summed E-state index contributed by atoms with van der Waals surface area (Å²) in [6.07, 6.45) is 3.45. The zero-order valence-electron chi connectivity index (χ0n) is 8.77. The van der Waals surface area contributed by atoms with E-state index in [1.807, 2.05) is 18.2 Å². The molecule has 3 heteroatoms. The van der Waals surface area contributed by atoms with Crippen LogP contribution in [0, 0.1) is 0 Å². The summed E-state index contributed by atoms with van der Waals surface area (Å²) in [4.78, 5) is 15.2. The van der Waals surface area contributed by atoms with Gasteiger partial charge < -0.3 is 0 Å². The van der Waals surface area contributed by atoms with E-state index >= 15 is 0 Å². The Kier molecular flexibility index (Phi) is 3.02. The highest BCUT2D eigenvalue weighted by atomic mass is 35.5. The summed E-state index contributed by atoms with van der Waals surface area (Å²) in [5, 5.41) is 0.488. The lowest BCUT2D eigenvalue weighted by Crippen LogP contribution is -1.93. The Labute approximate surface area is 98.9 Å². The minimum Gasteiger partial charge on any atom is -0.294 e. The normalized spacial score (nSPS) is 10.1. The molecule has 0 unspecified atom stereocenters. The molecule has 0 aliphatic carbocycles. The van der Waals surface area contributed by atoms with Crippen LogP contribution in [0.1, 0.15) is 17.3 Å². The average molecular weight is 232 g/mol. The van der Waals surface area contributed by atoms with Crippen LogP contribution in [0.4, 0.5) is 0 Å². The van der Waals surface area contributed by atoms with Gasteiger partial charge in [-0.15, -0.1) is 0 Å². The average Bonchev–Trinajstić information content (AvgIpc) is 2.29. The van der Waals surface area contributed by atoms with Gasteiger partial charge in [-0.05, 0) is 42.3 Å². The molecule has 1 heterocycles. The van der Waals surface area contributed by atoms with Crippen molar-refractivity contribution in [2.24, 2.45) is 0 Å². The van der Waals surface area contributed by atoms with Crippen molar-refractivity contribution < 1.29 is 4.79 Å². The van der Waals surface area contributed by atoms with Gasteiger partial charge in [0.25, 0.3) is 0 Å². The van der Waals surface area contributed by atoms with Crippen LogP contribution in [0.25, 0.3) is 11.1 Å². The number of carbonyl (C=O) groups excluding carboxylic acids is 1. The number of hydrogen-bond donors (Lipinski definition) is 0. The van der Waals surface area contributed by atoms with Crippen molar-refractivity contribution in [1.29, 1.82) is 0 Å². The second-order valence-corrected chi connectivity index (χ2v) is 3.89. The predicted molar refractivity (Wildman–Crippen MR) is 64.7 cm³/mol. The Morgan fingerprint density at radius 1 is 1.12 bits per heavy atom. The molecule has 0 bridgehead atoms. The Morgan fingerprint density at radius 2 is 1.81 bits per heavy atom. The van der Waals surface area contributed by atoms with Crippen molar-refractivity contribution in [3.63, 3.8) is 0 Å². The Morgan fingerprint density at radius 3 is 2.38 bits per heavy atom. The van der Waals surface area contributed by atoms with E-state index in [0.29, 0.717) is 10.6 Å². The van der Waals surface area contributed by atoms with Gasteiger partial charge in [0.15, 0.2) is 5.78 Å². The van der Waals surface area contributed by atoms with Gasteiger partial charge in [-0.25, -0.2) is 0 Å². The fraction of sp³-hybridized carbons (Fsp3) is 0.0769. The molecule has 0 amide bonds. The summed E-state index contributed by atoms with van der Waals surface area (Å²) in [5.41, 5.74) is 2.57. The smallest absolute Gasteiger partial charge is 0.161 e. The second kappa shape index (κ2) is 4.45. The number of rotatable bonds is 2. The minimum absolute atomic E-state index is 0.0220. The lowest BCUT2D eigenvalue weighted by atomic mass is 10.0. The van der Waals surface area contributed by atoms with Crippen molar-refractivity contribution >= 4 is 17.4 Å². The first kappa shape index (κ1) is 10.8. The van der Waals surface area contributed by atoms with Crippen LogP contribution in [0.2, 0.25) is 5.02 Å². The molecule has 0 saturated heterocycles. The molecule has 80 valence electrons. The highest BCUT2D eigenvalue weighted by molar-refractivity contribution is 6.34. The third kappa shape index (κ3) is 2.12. The largest absolute Gasteiger partial charge is 0.294 e. The number of nitrogens with zero attached hydrogens (tertiary/aromatic N) is 1. The Bertz CT molecular complexity index is 523. The molecule has 0 radical (unpaired) electrons. The molecule has 2 aromatic rings. The van der Waals surface area contributed by atoms with Crippen LogP contribution in [-0.4, -0.2) is 10.8 Å². The van der Waals surface area contributed by atoms with Crippen molar-refractivity contribution in [2.45, 2.75) is 6.92 Å². The summed E-state index contributed by atoms with van der Waals surface area (Å²) in [7, 11) is 0. The molecule has 0 fully saturated rings. The van der Waals surface area contributed by atoms with Gasteiger partial charge in [-0.3, -0.25) is 9.78 Å². The number of halogens is 1. The molecule has 0 atom stereocenters. The quantitative estimate of drug-likeness (QED) is 0.739. The lowest BCUT2D eigenvalue weighted by molar-refractivity contribution is 0.101. The molecule has 0 aliphatic heterocycles. The SMILES string of the molecule is CC(=O)c1ccc(-c2ccncc2)cc1Cl. The molecule has 16 heavy (non-hydrogen) atoms. The number of hydrogen-bond acceptors (Lipinski definition) is 2. The molecule has 1 aromatic heterocycles. The van der Waals surface area contributed by atoms with Gasteiger partial charge >= 0.3 is 0 Å². The summed E-state index contributed by atoms with van der Waals surface area (Å²) in [6, 6.07) is 9.24. The van der Waals surface area contributed by atoms with E-state index in [1.54, 1.807) is 24.5 Å². The zero-order valence-corrected chi connectivity index (χ0v) is 9.53. The third-order valence-electron chi connectivity index (χ3n) is 2.36. The maximum absolute atomic E-state index is 11.2. The van der Waals surface area contributed by atoms with Gasteiger partial charge in [-0.1, -0.05) is 17.7 Å². The van der Waals surface area contributed by atoms with Crippen LogP contribution in [0.5, 0.6) is 0 Å². The number of Topliss-reactive ketones (excluding diaryl/α,β-unsaturated/α-hetero) is 1. The van der Waals surface area contributed by atoms with E-state index in [1.165, 1.54) is 6.92 Å². The van der Waals surface area contributed by atoms with Crippen molar-refractivity contribution in [2.75, 3.05) is 0 Å². The van der Waals surface area contributed by atoms with Crippen molar-refractivity contribution in [3.05, 3.63) is 53.3 Å². The number of aromatic nitrogens is 1. The maximum atomic E-state index is 11.2. The number of ketones is 1. The van der Waals surface area contributed by atoms with Gasteiger partial charge in [0.05, 0.1) is 5.02 Å². The fourth-order valence-electron chi connectivity index (χ4n) is 1.52. The highest BCUT2D eigenvalue weighted by Crippen LogP contribution is 2.25. The summed E-state index contributed by atoms with van der Waals surface area (Å²) < 4.78 is 0. The Balaban J connectivity index is 2.46. The third-order valence-corrected chi connectivity index (χ3v) is 2.67. The molecule has 0 spiro atoms. The summed E-state index contributed by atoms with van der Waals surface area (Å²) in [6.45, 7) is 1.51. The fourth-order valence-corrected chi connectivity index (χ4v) is 1.84. The molecular weight excluding hydrogens is 222 g/mol. The van der Waals surface area contributed by atoms with Crippen LogP contribution in [0.15, 0.2) is 42.7 Å². The van der Waals surface area contributed by atoms with E-state index in [2.05, 4.69) is 4.98 Å². The molecule has 2 nitrogen and oxygen atoms in total. The zero-order chi connectivity index (χ0) is 11.5. The van der Waals surface area contributed by atoms with Crippen LogP contribution < -0.4 is 0 Å². The molecule has 2 rings (SSSR count). The van der Waals surface area contributed by atoms with E-state index in [0.717, 1.165) is 11.1 Å². The molecule has 1 aromatic carbocycles. The van der Waals surface area contributed by atoms with Gasteiger partial charge in [-0.2, -0.15) is 0 Å². The van der Waals surface area contributed by atoms with Gasteiger partial charge in [0.1, 0.15) is 0 Å². The minimum atomic E-state index is -0.0220. The van der Waals surface area contributed by atoms with Crippen LogP contribution in [-0.2, 0) is 0 Å². The second-order valence-electron chi connectivity index (χ2n) is 3.49. The Hall–Kier alpha value is -1.67.